The first kappa shape index (κ1) is 18.3. The number of anilines is 1. The Morgan fingerprint density at radius 2 is 1.91 bits per heavy atom. The molecule has 122 valence electrons. The zero-order valence-electron chi connectivity index (χ0n) is 14.3. The molecule has 3 nitrogen and oxygen atoms in total. The van der Waals surface area contributed by atoms with Gasteiger partial charge in [0.25, 0.3) is 0 Å². The molecule has 0 aliphatic carbocycles. The monoisotopic (exact) mass is 303 g/mol. The van der Waals surface area contributed by atoms with Crippen LogP contribution in [0.4, 0.5) is 5.69 Å². The summed E-state index contributed by atoms with van der Waals surface area (Å²) >= 11 is 0. The molecular weight excluding hydrogens is 274 g/mol. The molecule has 0 aliphatic heterocycles. The minimum atomic E-state index is -0.258. The van der Waals surface area contributed by atoms with Crippen LogP contribution in [-0.2, 0) is 9.53 Å². The molecule has 1 atom stereocenters. The van der Waals surface area contributed by atoms with E-state index in [9.17, 15) is 4.79 Å². The highest BCUT2D eigenvalue weighted by Gasteiger charge is 2.08. The van der Waals surface area contributed by atoms with Crippen LogP contribution in [0.1, 0.15) is 45.1 Å². The van der Waals surface area contributed by atoms with Crippen LogP contribution in [-0.4, -0.2) is 26.7 Å². The molecule has 0 bridgehead atoms. The van der Waals surface area contributed by atoms with Crippen molar-refractivity contribution in [1.29, 1.82) is 0 Å². The van der Waals surface area contributed by atoms with Gasteiger partial charge in [0.05, 0.1) is 6.61 Å². The number of hydrogen-bond acceptors (Lipinski definition) is 3. The summed E-state index contributed by atoms with van der Waals surface area (Å²) in [5, 5.41) is 0. The molecule has 1 aromatic rings. The van der Waals surface area contributed by atoms with Crippen molar-refractivity contribution in [3.05, 3.63) is 35.9 Å². The van der Waals surface area contributed by atoms with Crippen molar-refractivity contribution in [3.8, 4) is 0 Å². The van der Waals surface area contributed by atoms with Crippen LogP contribution in [0.2, 0.25) is 0 Å². The van der Waals surface area contributed by atoms with Crippen LogP contribution in [0.15, 0.2) is 30.3 Å². The largest absolute Gasteiger partial charge is 0.462 e. The van der Waals surface area contributed by atoms with Crippen LogP contribution >= 0.6 is 0 Å². The number of esters is 1. The normalized spacial score (nSPS) is 12.4. The molecule has 0 N–H and O–H groups in total. The summed E-state index contributed by atoms with van der Waals surface area (Å²) in [5.41, 5.74) is 2.14. The van der Waals surface area contributed by atoms with Gasteiger partial charge in [-0.1, -0.05) is 45.2 Å². The molecule has 3 heteroatoms. The van der Waals surface area contributed by atoms with Crippen molar-refractivity contribution in [3.63, 3.8) is 0 Å². The third-order valence-electron chi connectivity index (χ3n) is 3.83. The number of nitrogens with zero attached hydrogens (tertiary/aromatic N) is 1. The van der Waals surface area contributed by atoms with Crippen LogP contribution in [0.3, 0.4) is 0 Å². The molecular formula is C19H29NO2. The van der Waals surface area contributed by atoms with E-state index >= 15 is 0 Å². The van der Waals surface area contributed by atoms with Gasteiger partial charge >= 0.3 is 5.97 Å². The summed E-state index contributed by atoms with van der Waals surface area (Å²) in [5.74, 6) is 0.225. The fraction of sp³-hybridized carbons (Fsp3) is 0.526. The first-order valence-corrected chi connectivity index (χ1v) is 8.19. The Labute approximate surface area is 135 Å². The van der Waals surface area contributed by atoms with Gasteiger partial charge in [0, 0.05) is 25.9 Å². The van der Waals surface area contributed by atoms with Gasteiger partial charge in [-0.25, -0.2) is 4.79 Å². The van der Waals surface area contributed by atoms with E-state index in [0.717, 1.165) is 24.1 Å². The molecule has 0 amide bonds. The molecule has 0 spiro atoms. The highest BCUT2D eigenvalue weighted by molar-refractivity contribution is 5.87. The lowest BCUT2D eigenvalue weighted by molar-refractivity contribution is -0.139. The van der Waals surface area contributed by atoms with Gasteiger partial charge in [-0.3, -0.25) is 0 Å². The van der Waals surface area contributed by atoms with Gasteiger partial charge in [0.1, 0.15) is 0 Å². The van der Waals surface area contributed by atoms with Crippen molar-refractivity contribution in [2.45, 2.75) is 39.5 Å². The average molecular weight is 303 g/mol. The minimum absolute atomic E-state index is 0.258. The zero-order chi connectivity index (χ0) is 16.4. The van der Waals surface area contributed by atoms with E-state index in [-0.39, 0.29) is 5.97 Å². The molecule has 0 heterocycles. The van der Waals surface area contributed by atoms with E-state index in [1.165, 1.54) is 18.9 Å². The molecule has 0 saturated carbocycles. The second-order valence-electron chi connectivity index (χ2n) is 5.87. The molecule has 0 aromatic heterocycles. The van der Waals surface area contributed by atoms with Crippen molar-refractivity contribution in [2.24, 2.45) is 5.92 Å². The number of carbonyl (C=O) groups excluding carboxylic acids is 1. The van der Waals surface area contributed by atoms with Crippen molar-refractivity contribution in [1.82, 2.24) is 0 Å². The summed E-state index contributed by atoms with van der Waals surface area (Å²) < 4.78 is 5.34. The summed E-state index contributed by atoms with van der Waals surface area (Å²) in [7, 11) is 4.01. The number of benzene rings is 1. The zero-order valence-corrected chi connectivity index (χ0v) is 14.3. The maximum atomic E-state index is 11.8. The minimum Gasteiger partial charge on any atom is -0.462 e. The van der Waals surface area contributed by atoms with Crippen molar-refractivity contribution in [2.75, 3.05) is 25.6 Å². The van der Waals surface area contributed by atoms with E-state index in [4.69, 9.17) is 4.74 Å². The highest BCUT2D eigenvalue weighted by Crippen LogP contribution is 2.14. The predicted octanol–water partition coefficient (Wildman–Crippen LogP) is 4.53. The van der Waals surface area contributed by atoms with Crippen LogP contribution < -0.4 is 4.90 Å². The maximum absolute atomic E-state index is 11.8. The molecule has 1 unspecified atom stereocenters. The lowest BCUT2D eigenvalue weighted by Crippen LogP contribution is -2.12. The lowest BCUT2D eigenvalue weighted by atomic mass is 10.0. The number of rotatable bonds is 9. The number of unbranched alkanes of at least 4 members (excludes halogenated alkanes) is 1. The molecule has 22 heavy (non-hydrogen) atoms. The Hall–Kier alpha value is -1.77. The Bertz CT molecular complexity index is 463. The first-order chi connectivity index (χ1) is 10.6. The Morgan fingerprint density at radius 1 is 1.23 bits per heavy atom. The Balaban J connectivity index is 2.43. The van der Waals surface area contributed by atoms with Gasteiger partial charge in [-0.2, -0.15) is 0 Å². The topological polar surface area (TPSA) is 29.5 Å². The summed E-state index contributed by atoms with van der Waals surface area (Å²) in [6.45, 7) is 4.86. The molecule has 0 aliphatic rings. The highest BCUT2D eigenvalue weighted by atomic mass is 16.5. The lowest BCUT2D eigenvalue weighted by Gasteiger charge is -2.13. The number of ether oxygens (including phenoxy) is 1. The quantitative estimate of drug-likeness (QED) is 0.496. The van der Waals surface area contributed by atoms with E-state index < -0.39 is 0 Å². The van der Waals surface area contributed by atoms with E-state index in [0.29, 0.717) is 12.5 Å². The van der Waals surface area contributed by atoms with Gasteiger partial charge in [0.15, 0.2) is 0 Å². The van der Waals surface area contributed by atoms with Crippen LogP contribution in [0, 0.1) is 5.92 Å². The van der Waals surface area contributed by atoms with Gasteiger partial charge in [-0.15, -0.1) is 0 Å². The smallest absolute Gasteiger partial charge is 0.330 e. The molecule has 0 radical (unpaired) electrons. The first-order valence-electron chi connectivity index (χ1n) is 8.19. The second-order valence-corrected chi connectivity index (χ2v) is 5.87. The molecule has 0 fully saturated rings. The van der Waals surface area contributed by atoms with E-state index in [1.54, 1.807) is 6.08 Å². The fourth-order valence-corrected chi connectivity index (χ4v) is 2.19. The van der Waals surface area contributed by atoms with E-state index in [2.05, 4.69) is 13.8 Å². The van der Waals surface area contributed by atoms with E-state index in [1.807, 2.05) is 43.3 Å². The summed E-state index contributed by atoms with van der Waals surface area (Å²) in [4.78, 5) is 13.8. The van der Waals surface area contributed by atoms with Crippen LogP contribution in [0.25, 0.3) is 6.08 Å². The molecule has 1 aromatic carbocycles. The third-order valence-corrected chi connectivity index (χ3v) is 3.83. The fourth-order valence-electron chi connectivity index (χ4n) is 2.19. The Kier molecular flexibility index (Phi) is 8.34. The van der Waals surface area contributed by atoms with Crippen LogP contribution in [0.5, 0.6) is 0 Å². The van der Waals surface area contributed by atoms with Crippen molar-refractivity contribution < 1.29 is 9.53 Å². The molecule has 1 rings (SSSR count). The predicted molar refractivity (Wildman–Crippen MR) is 94.1 cm³/mol. The molecule has 0 saturated heterocycles. The SMILES string of the molecule is CCCCC(CC)COC(=O)C=Cc1ccc(N(C)C)cc1. The standard InChI is InChI=1S/C19H29NO2/c1-5-7-8-16(6-2)15-22-19(21)14-11-17-9-12-18(13-10-17)20(3)4/h9-14,16H,5-8,15H2,1-4H3. The third kappa shape index (κ3) is 6.79. The van der Waals surface area contributed by atoms with Crippen molar-refractivity contribution >= 4 is 17.7 Å². The number of carbonyl (C=O) groups is 1. The maximum Gasteiger partial charge on any atom is 0.330 e. The summed E-state index contributed by atoms with van der Waals surface area (Å²) in [6, 6.07) is 8.05. The summed E-state index contributed by atoms with van der Waals surface area (Å²) in [6.07, 6.45) is 7.89. The average Bonchev–Trinajstić information content (AvgIpc) is 2.53. The van der Waals surface area contributed by atoms with Gasteiger partial charge in [0.2, 0.25) is 0 Å². The Morgan fingerprint density at radius 3 is 2.45 bits per heavy atom. The van der Waals surface area contributed by atoms with Gasteiger partial charge in [-0.05, 0) is 36.1 Å². The second kappa shape index (κ2) is 10.0. The van der Waals surface area contributed by atoms with Gasteiger partial charge < -0.3 is 9.64 Å². The number of hydrogen-bond donors (Lipinski definition) is 0.